The van der Waals surface area contributed by atoms with Crippen LogP contribution < -0.4 is 18.9 Å². The van der Waals surface area contributed by atoms with Crippen molar-refractivity contribution in [3.63, 3.8) is 0 Å². The van der Waals surface area contributed by atoms with Gasteiger partial charge >= 0.3 is 18.9 Å². The third-order valence-corrected chi connectivity index (χ3v) is 6.17. The molecule has 21 heavy (non-hydrogen) atoms. The summed E-state index contributed by atoms with van der Waals surface area (Å²) in [6, 6.07) is 19.9. The van der Waals surface area contributed by atoms with Gasteiger partial charge in [0.25, 0.3) is 0 Å². The van der Waals surface area contributed by atoms with E-state index in [0.29, 0.717) is 6.54 Å². The maximum absolute atomic E-state index is 13.3. The van der Waals surface area contributed by atoms with E-state index in [4.69, 9.17) is 0 Å². The molecule has 4 heteroatoms. The minimum absolute atomic E-state index is 0. The fraction of sp³-hybridized carbons (Fsp3) is 0.235. The van der Waals surface area contributed by atoms with Crippen molar-refractivity contribution in [3.05, 3.63) is 71.5 Å². The summed E-state index contributed by atoms with van der Waals surface area (Å²) in [7, 11) is -2.37. The summed E-state index contributed by atoms with van der Waals surface area (Å²) in [5, 5.41) is 1.07. The number of hydrogen-bond donors (Lipinski definition) is 0. The van der Waals surface area contributed by atoms with Crippen molar-refractivity contribution >= 4 is 9.73 Å². The molecule has 0 aliphatic carbocycles. The Kier molecular flexibility index (Phi) is 5.70. The summed E-state index contributed by atoms with van der Waals surface area (Å²) in [4.78, 5) is 0.852. The van der Waals surface area contributed by atoms with E-state index in [0.717, 1.165) is 29.4 Å². The quantitative estimate of drug-likeness (QED) is 0.615. The van der Waals surface area contributed by atoms with Gasteiger partial charge in [-0.25, -0.2) is 5.25 Å². The van der Waals surface area contributed by atoms with Crippen molar-refractivity contribution in [3.8, 4) is 0 Å². The van der Waals surface area contributed by atoms with E-state index >= 15 is 0 Å². The van der Waals surface area contributed by atoms with Crippen LogP contribution in [0.15, 0.2) is 69.9 Å². The van der Waals surface area contributed by atoms with E-state index in [1.807, 2.05) is 48.5 Å². The Morgan fingerprint density at radius 1 is 1.00 bits per heavy atom. The minimum Gasteiger partial charge on any atom is -0.278 e. The zero-order valence-corrected chi connectivity index (χ0v) is 13.2. The monoisotopic (exact) mass is 291 g/mol. The second-order valence-electron chi connectivity index (χ2n) is 5.00. The zero-order valence-electron chi connectivity index (χ0n) is 12.4. The molecule has 1 heterocycles. The van der Waals surface area contributed by atoms with Crippen LogP contribution in [-0.4, -0.2) is 10.8 Å². The molecule has 0 spiro atoms. The normalized spacial score (nSPS) is 22.1. The molecule has 0 bridgehead atoms. The van der Waals surface area contributed by atoms with E-state index in [2.05, 4.69) is 16.5 Å². The number of rotatable bonds is 3. The van der Waals surface area contributed by atoms with Crippen molar-refractivity contribution in [1.82, 2.24) is 0 Å². The molecule has 0 unspecified atom stereocenters. The van der Waals surface area contributed by atoms with Crippen LogP contribution in [0.3, 0.4) is 0 Å². The summed E-state index contributed by atoms with van der Waals surface area (Å²) < 4.78 is 17.8. The molecular formula is C17H18LiNOS. The van der Waals surface area contributed by atoms with Gasteiger partial charge in [0.2, 0.25) is 0 Å². The predicted molar refractivity (Wildman–Crippen MR) is 82.8 cm³/mol. The molecule has 0 radical (unpaired) electrons. The maximum Gasteiger partial charge on any atom is 1.00 e. The summed E-state index contributed by atoms with van der Waals surface area (Å²) in [5.41, 5.74) is 1.21. The first-order chi connectivity index (χ1) is 9.79. The largest absolute Gasteiger partial charge is 1.00 e. The second kappa shape index (κ2) is 7.31. The Labute approximate surface area is 139 Å². The molecule has 0 N–H and O–H groups in total. The van der Waals surface area contributed by atoms with Crippen molar-refractivity contribution in [1.29, 1.82) is 0 Å². The number of benzene rings is 2. The summed E-state index contributed by atoms with van der Waals surface area (Å²) >= 11 is 0. The minimum atomic E-state index is -2.37. The Morgan fingerprint density at radius 3 is 2.29 bits per heavy atom. The van der Waals surface area contributed by atoms with Gasteiger partial charge in [0.15, 0.2) is 0 Å². The molecule has 0 saturated heterocycles. The van der Waals surface area contributed by atoms with Gasteiger partial charge in [-0.05, 0) is 12.1 Å². The Morgan fingerprint density at radius 2 is 1.62 bits per heavy atom. The average molecular weight is 291 g/mol. The van der Waals surface area contributed by atoms with Gasteiger partial charge in [0.05, 0.1) is 0 Å². The zero-order chi connectivity index (χ0) is 13.8. The Balaban J connectivity index is 0.00000161. The molecule has 0 saturated carbocycles. The summed E-state index contributed by atoms with van der Waals surface area (Å²) in [6.07, 6.45) is 2.68. The Bertz CT molecular complexity index is 678. The summed E-state index contributed by atoms with van der Waals surface area (Å²) in [5.74, 6) is 0. The van der Waals surface area contributed by atoms with Crippen LogP contribution >= 0.6 is 0 Å². The van der Waals surface area contributed by atoms with Crippen LogP contribution in [0.25, 0.3) is 0 Å². The van der Waals surface area contributed by atoms with Gasteiger partial charge in [0.1, 0.15) is 0 Å². The van der Waals surface area contributed by atoms with Crippen molar-refractivity contribution in [2.45, 2.75) is 24.2 Å². The molecule has 0 amide bonds. The first-order valence-corrected chi connectivity index (χ1v) is 8.47. The van der Waals surface area contributed by atoms with Crippen LogP contribution in [0, 0.1) is 5.25 Å². The molecule has 1 aliphatic heterocycles. The average Bonchev–Trinajstić information content (AvgIpc) is 2.52. The molecule has 0 fully saturated rings. The van der Waals surface area contributed by atoms with Gasteiger partial charge < -0.3 is 0 Å². The molecule has 1 atom stereocenters. The van der Waals surface area contributed by atoms with Crippen LogP contribution in [0.2, 0.25) is 0 Å². The fourth-order valence-electron chi connectivity index (χ4n) is 2.55. The smallest absolute Gasteiger partial charge is 0.278 e. The van der Waals surface area contributed by atoms with Crippen LogP contribution in [-0.2, 0) is 16.1 Å². The van der Waals surface area contributed by atoms with Crippen LogP contribution in [0.4, 0.5) is 0 Å². The van der Waals surface area contributed by atoms with Crippen molar-refractivity contribution in [2.75, 3.05) is 6.54 Å². The van der Waals surface area contributed by atoms with E-state index in [9.17, 15) is 4.21 Å². The Hall–Kier alpha value is -1.01. The van der Waals surface area contributed by atoms with Gasteiger partial charge in [-0.1, -0.05) is 70.2 Å². The SMILES string of the molecule is O=[S@@]1(c2ccccc2)=NCCC[C-]1Cc1ccccc1.[Li+]. The third-order valence-electron chi connectivity index (χ3n) is 3.58. The van der Waals surface area contributed by atoms with E-state index in [1.54, 1.807) is 0 Å². The molecule has 0 aromatic heterocycles. The van der Waals surface area contributed by atoms with Crippen LogP contribution in [0.5, 0.6) is 0 Å². The molecule has 1 aliphatic rings. The van der Waals surface area contributed by atoms with Gasteiger partial charge in [0, 0.05) is 11.4 Å². The van der Waals surface area contributed by atoms with Gasteiger partial charge in [-0.3, -0.25) is 8.57 Å². The standard InChI is InChI=1S/C17H18NOS.Li/c19-20(16-10-5-2-6-11-16)17(12-7-13-18-20)14-15-8-3-1-4-9-15;/h1-6,8-11H,7,12-14H2;/q-1;+1/t20-;/m1./s1. The number of hydrogen-bond acceptors (Lipinski definition) is 2. The first-order valence-electron chi connectivity index (χ1n) is 6.96. The second-order valence-corrected chi connectivity index (χ2v) is 7.35. The number of nitrogens with zero attached hydrogens (tertiary/aromatic N) is 1. The van der Waals surface area contributed by atoms with Crippen LogP contribution in [0.1, 0.15) is 18.4 Å². The molecule has 2 nitrogen and oxygen atoms in total. The third kappa shape index (κ3) is 3.60. The van der Waals surface area contributed by atoms with Gasteiger partial charge in [-0.2, -0.15) is 6.42 Å². The van der Waals surface area contributed by atoms with Crippen molar-refractivity contribution in [2.24, 2.45) is 4.36 Å². The van der Waals surface area contributed by atoms with E-state index in [-0.39, 0.29) is 18.9 Å². The van der Waals surface area contributed by atoms with Gasteiger partial charge in [-0.15, -0.1) is 6.42 Å². The predicted octanol–water partition coefficient (Wildman–Crippen LogP) is 1.09. The fourth-order valence-corrected chi connectivity index (χ4v) is 4.92. The summed E-state index contributed by atoms with van der Waals surface area (Å²) in [6.45, 7) is 0.700. The maximum atomic E-state index is 13.3. The van der Waals surface area contributed by atoms with Crippen molar-refractivity contribution < 1.29 is 23.1 Å². The topological polar surface area (TPSA) is 29.4 Å². The van der Waals surface area contributed by atoms with E-state index in [1.165, 1.54) is 5.56 Å². The molecule has 2 aromatic rings. The molecule has 2 aromatic carbocycles. The molecule has 3 rings (SSSR count). The first kappa shape index (κ1) is 16.4. The molecular weight excluding hydrogens is 273 g/mol. The van der Waals surface area contributed by atoms with E-state index < -0.39 is 9.73 Å². The molecule has 104 valence electrons.